The van der Waals surface area contributed by atoms with Crippen molar-refractivity contribution in [3.63, 3.8) is 0 Å². The van der Waals surface area contributed by atoms with E-state index in [4.69, 9.17) is 16.9 Å². The van der Waals surface area contributed by atoms with Crippen LogP contribution in [0.1, 0.15) is 19.8 Å². The van der Waals surface area contributed by atoms with Crippen LogP contribution in [-0.4, -0.2) is 18.8 Å². The van der Waals surface area contributed by atoms with Gasteiger partial charge in [0.25, 0.3) is 0 Å². The minimum absolute atomic E-state index is 0.0255. The molecule has 1 aliphatic rings. The third kappa shape index (κ3) is 1.95. The summed E-state index contributed by atoms with van der Waals surface area (Å²) in [7, 11) is 0. The van der Waals surface area contributed by atoms with Crippen LogP contribution in [-0.2, 0) is 4.74 Å². The van der Waals surface area contributed by atoms with E-state index in [0.29, 0.717) is 12.3 Å². The molecule has 3 unspecified atom stereocenters. The maximum atomic E-state index is 5.81. The van der Waals surface area contributed by atoms with Gasteiger partial charge in [-0.05, 0) is 12.3 Å². The maximum Gasteiger partial charge on any atom is 0.0761 e. The normalized spacial score (nSPS) is 33.2. The van der Waals surface area contributed by atoms with E-state index in [1.54, 1.807) is 0 Å². The molecule has 0 amide bonds. The number of ether oxygens (including phenoxy) is 1. The fourth-order valence-electron chi connectivity index (χ4n) is 1.52. The van der Waals surface area contributed by atoms with Gasteiger partial charge in [0.15, 0.2) is 0 Å². The SMILES string of the molecule is C#CCC(N)C1OCCC1C. The van der Waals surface area contributed by atoms with Crippen molar-refractivity contribution in [1.29, 1.82) is 0 Å². The lowest BCUT2D eigenvalue weighted by Gasteiger charge is -2.20. The Bertz CT molecular complexity index is 161. The van der Waals surface area contributed by atoms with E-state index in [2.05, 4.69) is 12.8 Å². The van der Waals surface area contributed by atoms with Crippen molar-refractivity contribution in [2.24, 2.45) is 11.7 Å². The van der Waals surface area contributed by atoms with Crippen molar-refractivity contribution >= 4 is 0 Å². The van der Waals surface area contributed by atoms with Crippen LogP contribution in [0, 0.1) is 18.3 Å². The second-order valence-corrected chi connectivity index (χ2v) is 3.17. The quantitative estimate of drug-likeness (QED) is 0.594. The van der Waals surface area contributed by atoms with Gasteiger partial charge in [-0.1, -0.05) is 6.92 Å². The summed E-state index contributed by atoms with van der Waals surface area (Å²) in [6.07, 6.45) is 7.08. The molecule has 0 aromatic heterocycles. The van der Waals surface area contributed by atoms with E-state index >= 15 is 0 Å². The highest BCUT2D eigenvalue weighted by atomic mass is 16.5. The molecule has 0 bridgehead atoms. The largest absolute Gasteiger partial charge is 0.376 e. The Morgan fingerprint density at radius 1 is 1.82 bits per heavy atom. The zero-order valence-corrected chi connectivity index (χ0v) is 6.92. The Balaban J connectivity index is 2.40. The molecule has 2 N–H and O–H groups in total. The molecule has 1 heterocycles. The van der Waals surface area contributed by atoms with Crippen LogP contribution < -0.4 is 5.73 Å². The zero-order chi connectivity index (χ0) is 8.27. The third-order valence-electron chi connectivity index (χ3n) is 2.22. The molecule has 1 aliphatic heterocycles. The lowest BCUT2D eigenvalue weighted by molar-refractivity contribution is 0.0739. The van der Waals surface area contributed by atoms with Gasteiger partial charge in [-0.15, -0.1) is 12.3 Å². The minimum atomic E-state index is 0.0255. The van der Waals surface area contributed by atoms with Crippen molar-refractivity contribution in [2.75, 3.05) is 6.61 Å². The Morgan fingerprint density at radius 2 is 2.55 bits per heavy atom. The highest BCUT2D eigenvalue weighted by Gasteiger charge is 2.28. The molecule has 1 rings (SSSR count). The summed E-state index contributed by atoms with van der Waals surface area (Å²) in [5.74, 6) is 3.13. The van der Waals surface area contributed by atoms with Crippen molar-refractivity contribution in [3.8, 4) is 12.3 Å². The fraction of sp³-hybridized carbons (Fsp3) is 0.778. The molecule has 11 heavy (non-hydrogen) atoms. The van der Waals surface area contributed by atoms with E-state index in [9.17, 15) is 0 Å². The van der Waals surface area contributed by atoms with Crippen LogP contribution in [0.2, 0.25) is 0 Å². The second kappa shape index (κ2) is 3.75. The molecular weight excluding hydrogens is 138 g/mol. The van der Waals surface area contributed by atoms with Crippen molar-refractivity contribution in [3.05, 3.63) is 0 Å². The molecule has 2 nitrogen and oxygen atoms in total. The van der Waals surface area contributed by atoms with E-state index in [-0.39, 0.29) is 12.1 Å². The number of hydrogen-bond acceptors (Lipinski definition) is 2. The average Bonchev–Trinajstić information content (AvgIpc) is 2.36. The minimum Gasteiger partial charge on any atom is -0.376 e. The molecule has 62 valence electrons. The van der Waals surface area contributed by atoms with Crippen LogP contribution in [0.4, 0.5) is 0 Å². The summed E-state index contributed by atoms with van der Waals surface area (Å²) in [5.41, 5.74) is 5.81. The second-order valence-electron chi connectivity index (χ2n) is 3.17. The van der Waals surface area contributed by atoms with Gasteiger partial charge in [0.1, 0.15) is 0 Å². The molecule has 2 heteroatoms. The van der Waals surface area contributed by atoms with E-state index in [0.717, 1.165) is 13.0 Å². The summed E-state index contributed by atoms with van der Waals surface area (Å²) >= 11 is 0. The Hall–Kier alpha value is -0.520. The topological polar surface area (TPSA) is 35.2 Å². The van der Waals surface area contributed by atoms with E-state index < -0.39 is 0 Å². The predicted molar refractivity (Wildman–Crippen MR) is 44.9 cm³/mol. The number of terminal acetylenes is 1. The first-order chi connectivity index (χ1) is 5.25. The van der Waals surface area contributed by atoms with Gasteiger partial charge < -0.3 is 10.5 Å². The van der Waals surface area contributed by atoms with Crippen molar-refractivity contribution in [1.82, 2.24) is 0 Å². The standard InChI is InChI=1S/C9H15NO/c1-3-4-8(10)9-7(2)5-6-11-9/h1,7-9H,4-6,10H2,2H3. The first-order valence-electron chi connectivity index (χ1n) is 4.06. The predicted octanol–water partition coefficient (Wildman–Crippen LogP) is 0.762. The number of nitrogens with two attached hydrogens (primary N) is 1. The summed E-state index contributed by atoms with van der Waals surface area (Å²) in [4.78, 5) is 0. The number of hydrogen-bond donors (Lipinski definition) is 1. The Morgan fingerprint density at radius 3 is 3.00 bits per heavy atom. The molecule has 0 aromatic rings. The first-order valence-corrected chi connectivity index (χ1v) is 4.06. The van der Waals surface area contributed by atoms with Gasteiger partial charge in [-0.2, -0.15) is 0 Å². The molecular formula is C9H15NO. The zero-order valence-electron chi connectivity index (χ0n) is 6.92. The molecule has 0 aromatic carbocycles. The van der Waals surface area contributed by atoms with Gasteiger partial charge in [0, 0.05) is 19.1 Å². The smallest absolute Gasteiger partial charge is 0.0761 e. The molecule has 0 aliphatic carbocycles. The Kier molecular flexibility index (Phi) is 2.92. The summed E-state index contributed by atoms with van der Waals surface area (Å²) in [6.45, 7) is 3.00. The highest BCUT2D eigenvalue weighted by molar-refractivity contribution is 4.94. The van der Waals surface area contributed by atoms with Gasteiger partial charge in [0.2, 0.25) is 0 Å². The van der Waals surface area contributed by atoms with Crippen LogP contribution in [0.15, 0.2) is 0 Å². The third-order valence-corrected chi connectivity index (χ3v) is 2.22. The van der Waals surface area contributed by atoms with Crippen molar-refractivity contribution < 1.29 is 4.74 Å². The van der Waals surface area contributed by atoms with Crippen LogP contribution in [0.5, 0.6) is 0 Å². The highest BCUT2D eigenvalue weighted by Crippen LogP contribution is 2.22. The van der Waals surface area contributed by atoms with Gasteiger partial charge in [0.05, 0.1) is 6.10 Å². The van der Waals surface area contributed by atoms with E-state index in [1.165, 1.54) is 0 Å². The van der Waals surface area contributed by atoms with Gasteiger partial charge in [-0.3, -0.25) is 0 Å². The summed E-state index contributed by atoms with van der Waals surface area (Å²) < 4.78 is 5.46. The first kappa shape index (κ1) is 8.58. The molecule has 1 saturated heterocycles. The molecule has 3 atom stereocenters. The van der Waals surface area contributed by atoms with Crippen molar-refractivity contribution in [2.45, 2.75) is 31.9 Å². The van der Waals surface area contributed by atoms with Gasteiger partial charge >= 0.3 is 0 Å². The summed E-state index contributed by atoms with van der Waals surface area (Å²) in [5, 5.41) is 0. The van der Waals surface area contributed by atoms with Crippen LogP contribution in [0.3, 0.4) is 0 Å². The summed E-state index contributed by atoms with van der Waals surface area (Å²) in [6, 6.07) is 0.0255. The van der Waals surface area contributed by atoms with Crippen LogP contribution >= 0.6 is 0 Å². The lowest BCUT2D eigenvalue weighted by atomic mass is 9.96. The van der Waals surface area contributed by atoms with Crippen LogP contribution in [0.25, 0.3) is 0 Å². The lowest BCUT2D eigenvalue weighted by Crippen LogP contribution is -2.37. The molecule has 0 spiro atoms. The van der Waals surface area contributed by atoms with Gasteiger partial charge in [-0.25, -0.2) is 0 Å². The maximum absolute atomic E-state index is 5.81. The number of rotatable bonds is 2. The average molecular weight is 153 g/mol. The molecule has 1 fully saturated rings. The Labute approximate surface area is 68.1 Å². The monoisotopic (exact) mass is 153 g/mol. The fourth-order valence-corrected chi connectivity index (χ4v) is 1.52. The molecule has 0 radical (unpaired) electrons. The van der Waals surface area contributed by atoms with E-state index in [1.807, 2.05) is 0 Å². The molecule has 0 saturated carbocycles.